The fourth-order valence-corrected chi connectivity index (χ4v) is 5.23. The fourth-order valence-electron chi connectivity index (χ4n) is 4.52. The number of carbonyl (C=O) groups excluding carboxylic acids is 1. The fraction of sp³-hybridized carbons (Fsp3) is 0.435. The van der Waals surface area contributed by atoms with Crippen LogP contribution in [0.25, 0.3) is 0 Å². The zero-order valence-electron chi connectivity index (χ0n) is 16.3. The number of carbonyl (C=O) groups is 1. The highest BCUT2D eigenvalue weighted by molar-refractivity contribution is 9.10. The molecule has 1 fully saturated rings. The van der Waals surface area contributed by atoms with Gasteiger partial charge in [-0.15, -0.1) is 0 Å². The lowest BCUT2D eigenvalue weighted by atomic mass is 9.75. The van der Waals surface area contributed by atoms with E-state index in [1.54, 1.807) is 0 Å². The summed E-state index contributed by atoms with van der Waals surface area (Å²) in [6.45, 7) is 5.94. The second kappa shape index (κ2) is 7.33. The smallest absolute Gasteiger partial charge is 0.166 e. The Morgan fingerprint density at radius 2 is 1.86 bits per heavy atom. The van der Waals surface area contributed by atoms with Gasteiger partial charge >= 0.3 is 0 Å². The van der Waals surface area contributed by atoms with E-state index in [1.807, 2.05) is 0 Å². The third-order valence-electron chi connectivity index (χ3n) is 5.93. The number of nitriles is 1. The number of piperidine rings is 1. The summed E-state index contributed by atoms with van der Waals surface area (Å²) in [5, 5.41) is 9.79. The molecule has 2 aliphatic rings. The van der Waals surface area contributed by atoms with Crippen LogP contribution in [0.4, 0.5) is 5.82 Å². The number of anilines is 1. The molecular weight excluding hydrogens is 414 g/mol. The number of Topliss-reactive ketones (excluding diaryl/α,β-unsaturated/α-hetero) is 1. The lowest BCUT2D eigenvalue weighted by molar-refractivity contribution is 0.0909. The summed E-state index contributed by atoms with van der Waals surface area (Å²) in [7, 11) is 0. The molecule has 1 saturated heterocycles. The van der Waals surface area contributed by atoms with Crippen molar-refractivity contribution < 1.29 is 4.79 Å². The van der Waals surface area contributed by atoms with Crippen LogP contribution in [0, 0.1) is 16.7 Å². The van der Waals surface area contributed by atoms with Gasteiger partial charge in [0.2, 0.25) is 0 Å². The number of ketones is 1. The van der Waals surface area contributed by atoms with Crippen molar-refractivity contribution >= 4 is 27.5 Å². The Balaban J connectivity index is 1.65. The van der Waals surface area contributed by atoms with Crippen molar-refractivity contribution in [3.8, 4) is 6.07 Å². The summed E-state index contributed by atoms with van der Waals surface area (Å²) in [6.07, 6.45) is 3.32. The molecule has 0 radical (unpaired) electrons. The van der Waals surface area contributed by atoms with Crippen LogP contribution in [0.5, 0.6) is 0 Å². The minimum Gasteiger partial charge on any atom is -0.355 e. The van der Waals surface area contributed by atoms with Gasteiger partial charge in [-0.1, -0.05) is 44.2 Å². The summed E-state index contributed by atoms with van der Waals surface area (Å²) >= 11 is 3.56. The van der Waals surface area contributed by atoms with Gasteiger partial charge < -0.3 is 4.90 Å². The molecule has 1 aromatic heterocycles. The van der Waals surface area contributed by atoms with Gasteiger partial charge in [-0.05, 0) is 52.1 Å². The number of hydrogen-bond acceptors (Lipinski definition) is 4. The minimum absolute atomic E-state index is 0.0801. The van der Waals surface area contributed by atoms with E-state index in [-0.39, 0.29) is 11.2 Å². The van der Waals surface area contributed by atoms with Crippen molar-refractivity contribution in [2.75, 3.05) is 18.0 Å². The topological polar surface area (TPSA) is 57.0 Å². The van der Waals surface area contributed by atoms with Crippen LogP contribution >= 0.6 is 15.9 Å². The second-order valence-corrected chi connectivity index (χ2v) is 9.46. The highest BCUT2D eigenvalue weighted by Gasteiger charge is 2.36. The average molecular weight is 438 g/mol. The van der Waals surface area contributed by atoms with E-state index >= 15 is 0 Å². The Labute approximate surface area is 174 Å². The van der Waals surface area contributed by atoms with Crippen molar-refractivity contribution in [1.82, 2.24) is 4.98 Å². The van der Waals surface area contributed by atoms with E-state index < -0.39 is 0 Å². The number of hydrogen-bond donors (Lipinski definition) is 0. The van der Waals surface area contributed by atoms with Gasteiger partial charge in [-0.3, -0.25) is 4.79 Å². The van der Waals surface area contributed by atoms with Crippen LogP contribution < -0.4 is 4.90 Å². The molecule has 1 aliphatic carbocycles. The molecule has 1 aliphatic heterocycles. The Kier molecular flexibility index (Phi) is 5.01. The average Bonchev–Trinajstić information content (AvgIpc) is 2.67. The van der Waals surface area contributed by atoms with Crippen LogP contribution in [0.2, 0.25) is 0 Å². The molecule has 0 N–H and O–H groups in total. The Bertz CT molecular complexity index is 954. The molecule has 144 valence electrons. The van der Waals surface area contributed by atoms with Crippen LogP contribution in [0.1, 0.15) is 66.2 Å². The zero-order valence-corrected chi connectivity index (χ0v) is 17.9. The highest BCUT2D eigenvalue weighted by atomic mass is 79.9. The van der Waals surface area contributed by atoms with E-state index in [2.05, 4.69) is 71.1 Å². The number of rotatable bonds is 2. The number of pyridine rings is 1. The van der Waals surface area contributed by atoms with Gasteiger partial charge in [-0.25, -0.2) is 4.98 Å². The Morgan fingerprint density at radius 3 is 2.50 bits per heavy atom. The molecule has 0 saturated carbocycles. The number of halogens is 1. The maximum atomic E-state index is 12.7. The largest absolute Gasteiger partial charge is 0.355 e. The highest BCUT2D eigenvalue weighted by Crippen LogP contribution is 2.41. The van der Waals surface area contributed by atoms with E-state index in [4.69, 9.17) is 4.98 Å². The maximum Gasteiger partial charge on any atom is 0.166 e. The lowest BCUT2D eigenvalue weighted by Crippen LogP contribution is -2.35. The predicted octanol–water partition coefficient (Wildman–Crippen LogP) is 5.25. The Hall–Kier alpha value is -2.19. The molecule has 4 rings (SSSR count). The first-order valence-corrected chi connectivity index (χ1v) is 10.6. The summed E-state index contributed by atoms with van der Waals surface area (Å²) in [5.74, 6) is 1.35. The molecule has 1 aromatic carbocycles. The molecular formula is C23H24BrN3O. The first-order valence-electron chi connectivity index (χ1n) is 9.85. The van der Waals surface area contributed by atoms with Gasteiger partial charge in [0.05, 0.1) is 15.7 Å². The van der Waals surface area contributed by atoms with E-state index in [0.29, 0.717) is 27.9 Å². The van der Waals surface area contributed by atoms with Crippen molar-refractivity contribution in [3.05, 3.63) is 57.2 Å². The summed E-state index contributed by atoms with van der Waals surface area (Å²) in [5.41, 5.74) is 3.22. The number of benzene rings is 1. The molecule has 2 heterocycles. The van der Waals surface area contributed by atoms with Crippen LogP contribution in [0.15, 0.2) is 34.8 Å². The van der Waals surface area contributed by atoms with Crippen molar-refractivity contribution in [2.45, 2.75) is 45.4 Å². The van der Waals surface area contributed by atoms with Gasteiger partial charge in [0.15, 0.2) is 5.78 Å². The van der Waals surface area contributed by atoms with E-state index in [0.717, 1.165) is 43.9 Å². The van der Waals surface area contributed by atoms with E-state index in [9.17, 15) is 10.1 Å². The number of aromatic nitrogens is 1. The standard InChI is InChI=1S/C23H24BrN3O/c1-23(2)12-18-20(19(28)13-23)21(24)17(14-25)22(26-18)27-10-8-16(9-11-27)15-6-4-3-5-7-15/h3-7,16H,8-13H2,1-2H3. The summed E-state index contributed by atoms with van der Waals surface area (Å²) < 4.78 is 0.626. The lowest BCUT2D eigenvalue weighted by Gasteiger charge is -2.35. The molecule has 0 bridgehead atoms. The SMILES string of the molecule is CC1(C)CC(=O)c2c(nc(N3CCC(c4ccccc4)CC3)c(C#N)c2Br)C1. The molecule has 2 aromatic rings. The first-order chi connectivity index (χ1) is 13.4. The van der Waals surface area contributed by atoms with Gasteiger partial charge in [0.25, 0.3) is 0 Å². The van der Waals surface area contributed by atoms with Crippen LogP contribution in [-0.2, 0) is 6.42 Å². The Morgan fingerprint density at radius 1 is 1.18 bits per heavy atom. The maximum absolute atomic E-state index is 12.7. The quantitative estimate of drug-likeness (QED) is 0.642. The number of fused-ring (bicyclic) bond motifs is 1. The molecule has 0 amide bonds. The third-order valence-corrected chi connectivity index (χ3v) is 6.73. The van der Waals surface area contributed by atoms with Crippen LogP contribution in [-0.4, -0.2) is 23.9 Å². The first kappa shape index (κ1) is 19.1. The molecule has 4 nitrogen and oxygen atoms in total. The monoisotopic (exact) mass is 437 g/mol. The second-order valence-electron chi connectivity index (χ2n) is 8.67. The molecule has 0 spiro atoms. The van der Waals surface area contributed by atoms with Gasteiger partial charge in [-0.2, -0.15) is 5.26 Å². The van der Waals surface area contributed by atoms with Crippen molar-refractivity contribution in [1.29, 1.82) is 5.26 Å². The normalized spacial score (nSPS) is 19.2. The van der Waals surface area contributed by atoms with E-state index in [1.165, 1.54) is 5.56 Å². The minimum atomic E-state index is -0.0950. The number of nitrogens with zero attached hydrogens (tertiary/aromatic N) is 3. The molecule has 0 unspecified atom stereocenters. The zero-order chi connectivity index (χ0) is 19.9. The van der Waals surface area contributed by atoms with Crippen molar-refractivity contribution in [2.24, 2.45) is 5.41 Å². The summed E-state index contributed by atoms with van der Waals surface area (Å²) in [6, 6.07) is 12.9. The van der Waals surface area contributed by atoms with Gasteiger partial charge in [0.1, 0.15) is 17.5 Å². The van der Waals surface area contributed by atoms with Gasteiger partial charge in [0, 0.05) is 19.5 Å². The predicted molar refractivity (Wildman–Crippen MR) is 114 cm³/mol. The molecule has 5 heteroatoms. The van der Waals surface area contributed by atoms with Crippen molar-refractivity contribution in [3.63, 3.8) is 0 Å². The third kappa shape index (κ3) is 3.46. The molecule has 28 heavy (non-hydrogen) atoms. The molecule has 0 atom stereocenters. The summed E-state index contributed by atoms with van der Waals surface area (Å²) in [4.78, 5) is 19.8. The van der Waals surface area contributed by atoms with Crippen LogP contribution in [0.3, 0.4) is 0 Å².